The molecule has 27 heavy (non-hydrogen) atoms. The highest BCUT2D eigenvalue weighted by Crippen LogP contribution is 2.32. The summed E-state index contributed by atoms with van der Waals surface area (Å²) in [5, 5.41) is 4.77. The van der Waals surface area contributed by atoms with Crippen molar-refractivity contribution in [3.05, 3.63) is 65.5 Å². The molecular formula is C23H30N4. The van der Waals surface area contributed by atoms with Crippen LogP contribution in [0.25, 0.3) is 11.0 Å². The van der Waals surface area contributed by atoms with E-state index in [0.717, 1.165) is 31.8 Å². The van der Waals surface area contributed by atoms with Crippen LogP contribution in [0.2, 0.25) is 0 Å². The maximum atomic E-state index is 4.58. The van der Waals surface area contributed by atoms with Gasteiger partial charge < -0.3 is 15.2 Å². The Kier molecular flexibility index (Phi) is 5.55. The summed E-state index contributed by atoms with van der Waals surface area (Å²) in [6, 6.07) is 15.1. The summed E-state index contributed by atoms with van der Waals surface area (Å²) >= 11 is 0. The number of piperidine rings is 1. The molecule has 4 heteroatoms. The Labute approximate surface area is 162 Å². The van der Waals surface area contributed by atoms with Crippen molar-refractivity contribution in [3.63, 3.8) is 0 Å². The van der Waals surface area contributed by atoms with Crippen molar-refractivity contribution >= 4 is 11.0 Å². The Morgan fingerprint density at radius 3 is 2.67 bits per heavy atom. The maximum absolute atomic E-state index is 4.58. The third-order valence-corrected chi connectivity index (χ3v) is 5.84. The maximum Gasteiger partial charge on any atom is 0.137 e. The Hall–Kier alpha value is -2.17. The smallest absolute Gasteiger partial charge is 0.137 e. The number of nitrogens with zero attached hydrogens (tertiary/aromatic N) is 2. The van der Waals surface area contributed by atoms with Crippen LogP contribution in [-0.2, 0) is 6.54 Å². The molecule has 1 fully saturated rings. The summed E-state index contributed by atoms with van der Waals surface area (Å²) in [7, 11) is 2.24. The van der Waals surface area contributed by atoms with Crippen molar-refractivity contribution in [1.82, 2.24) is 20.2 Å². The number of hydrogen-bond donors (Lipinski definition) is 2. The van der Waals surface area contributed by atoms with Crippen molar-refractivity contribution in [2.75, 3.05) is 26.7 Å². The van der Waals surface area contributed by atoms with E-state index in [1.807, 2.05) is 6.20 Å². The number of H-pyrrole nitrogens is 1. The number of aromatic amines is 1. The van der Waals surface area contributed by atoms with E-state index >= 15 is 0 Å². The zero-order chi connectivity index (χ0) is 18.6. The molecule has 0 unspecified atom stereocenters. The fourth-order valence-corrected chi connectivity index (χ4v) is 4.41. The molecule has 0 bridgehead atoms. The predicted molar refractivity (Wildman–Crippen MR) is 112 cm³/mol. The molecule has 1 aromatic carbocycles. The van der Waals surface area contributed by atoms with Crippen LogP contribution < -0.4 is 5.32 Å². The van der Waals surface area contributed by atoms with Crippen LogP contribution >= 0.6 is 0 Å². The molecule has 0 aliphatic carbocycles. The number of benzene rings is 1. The number of likely N-dealkylation sites (N-methyl/N-ethyl adjacent to an activating group) is 1. The first-order chi connectivity index (χ1) is 13.2. The molecular weight excluding hydrogens is 332 g/mol. The van der Waals surface area contributed by atoms with Crippen LogP contribution in [0.1, 0.15) is 48.4 Å². The first-order valence-electron chi connectivity index (χ1n) is 10.1. The van der Waals surface area contributed by atoms with Crippen LogP contribution in [0.4, 0.5) is 0 Å². The highest BCUT2D eigenvalue weighted by atomic mass is 15.1. The van der Waals surface area contributed by atoms with E-state index in [-0.39, 0.29) is 0 Å². The molecule has 4 rings (SSSR count). The number of rotatable bonds is 6. The number of aromatic nitrogens is 2. The fourth-order valence-electron chi connectivity index (χ4n) is 4.41. The quantitative estimate of drug-likeness (QED) is 0.688. The number of pyridine rings is 1. The van der Waals surface area contributed by atoms with E-state index < -0.39 is 0 Å². The summed E-state index contributed by atoms with van der Waals surface area (Å²) in [6.45, 7) is 6.53. The molecule has 1 aliphatic rings. The van der Waals surface area contributed by atoms with Gasteiger partial charge in [-0.3, -0.25) is 0 Å². The molecule has 0 spiro atoms. The van der Waals surface area contributed by atoms with Gasteiger partial charge in [-0.15, -0.1) is 0 Å². The predicted octanol–water partition coefficient (Wildman–Crippen LogP) is 4.27. The zero-order valence-electron chi connectivity index (χ0n) is 16.4. The van der Waals surface area contributed by atoms with E-state index in [9.17, 15) is 0 Å². The van der Waals surface area contributed by atoms with Crippen molar-refractivity contribution in [2.24, 2.45) is 0 Å². The molecule has 4 nitrogen and oxygen atoms in total. The first kappa shape index (κ1) is 18.2. The van der Waals surface area contributed by atoms with E-state index in [0.29, 0.717) is 11.8 Å². The van der Waals surface area contributed by atoms with Gasteiger partial charge in [0.25, 0.3) is 0 Å². The van der Waals surface area contributed by atoms with E-state index in [4.69, 9.17) is 0 Å². The van der Waals surface area contributed by atoms with Crippen LogP contribution in [-0.4, -0.2) is 41.5 Å². The molecule has 3 heterocycles. The molecule has 2 aromatic heterocycles. The topological polar surface area (TPSA) is 44.0 Å². The lowest BCUT2D eigenvalue weighted by Gasteiger charge is -2.26. The molecule has 2 N–H and O–H groups in total. The van der Waals surface area contributed by atoms with Gasteiger partial charge in [0.15, 0.2) is 0 Å². The van der Waals surface area contributed by atoms with E-state index in [1.54, 1.807) is 0 Å². The van der Waals surface area contributed by atoms with E-state index in [1.165, 1.54) is 35.0 Å². The molecule has 0 saturated carbocycles. The Balaban J connectivity index is 1.56. The minimum absolute atomic E-state index is 0.516. The minimum atomic E-state index is 0.516. The lowest BCUT2D eigenvalue weighted by molar-refractivity contribution is 0.308. The highest BCUT2D eigenvalue weighted by Gasteiger charge is 2.23. The third kappa shape index (κ3) is 4.07. The zero-order valence-corrected chi connectivity index (χ0v) is 16.4. The Morgan fingerprint density at radius 2 is 1.89 bits per heavy atom. The van der Waals surface area contributed by atoms with Crippen molar-refractivity contribution in [2.45, 2.75) is 38.1 Å². The van der Waals surface area contributed by atoms with Gasteiger partial charge in [0.05, 0.1) is 0 Å². The Bertz CT molecular complexity index is 864. The fraction of sp³-hybridized carbons (Fsp3) is 0.435. The van der Waals surface area contributed by atoms with Gasteiger partial charge >= 0.3 is 0 Å². The average molecular weight is 363 g/mol. The van der Waals surface area contributed by atoms with E-state index in [2.05, 4.69) is 76.6 Å². The summed E-state index contributed by atoms with van der Waals surface area (Å²) in [5.74, 6) is 1.12. The van der Waals surface area contributed by atoms with Crippen LogP contribution in [0.15, 0.2) is 48.7 Å². The molecule has 3 aromatic rings. The highest BCUT2D eigenvalue weighted by molar-refractivity contribution is 5.81. The normalized spacial score (nSPS) is 16.9. The standard InChI is InChI=1S/C23H30N4/c1-17(18-7-4-3-5-8-18)15-27(2)16-21-20-9-6-12-25-23(20)26-22(21)19-10-13-24-14-11-19/h3-9,12,17,19,24H,10-11,13-16H2,1-2H3,(H,25,26)/t17-/m1/s1. The van der Waals surface area contributed by atoms with Gasteiger partial charge in [0.2, 0.25) is 0 Å². The number of hydrogen-bond acceptors (Lipinski definition) is 3. The molecule has 1 saturated heterocycles. The second kappa shape index (κ2) is 8.24. The van der Waals surface area contributed by atoms with Crippen LogP contribution in [0.3, 0.4) is 0 Å². The van der Waals surface area contributed by atoms with Crippen LogP contribution in [0, 0.1) is 0 Å². The molecule has 0 radical (unpaired) electrons. The third-order valence-electron chi connectivity index (χ3n) is 5.84. The lowest BCUT2D eigenvalue weighted by atomic mass is 9.91. The minimum Gasteiger partial charge on any atom is -0.343 e. The Morgan fingerprint density at radius 1 is 1.11 bits per heavy atom. The van der Waals surface area contributed by atoms with Crippen molar-refractivity contribution < 1.29 is 0 Å². The number of fused-ring (bicyclic) bond motifs is 1. The van der Waals surface area contributed by atoms with Gasteiger partial charge in [0.1, 0.15) is 5.65 Å². The van der Waals surface area contributed by atoms with Gasteiger partial charge in [-0.25, -0.2) is 4.98 Å². The summed E-state index contributed by atoms with van der Waals surface area (Å²) in [5.41, 5.74) is 5.28. The van der Waals surface area contributed by atoms with Crippen molar-refractivity contribution in [1.29, 1.82) is 0 Å². The molecule has 142 valence electrons. The molecule has 0 amide bonds. The lowest BCUT2D eigenvalue weighted by Crippen LogP contribution is -2.28. The van der Waals surface area contributed by atoms with Gasteiger partial charge in [-0.2, -0.15) is 0 Å². The molecule has 1 aliphatic heterocycles. The number of nitrogens with one attached hydrogen (secondary N) is 2. The average Bonchev–Trinajstić information content (AvgIpc) is 3.08. The van der Waals surface area contributed by atoms with Gasteiger partial charge in [-0.05, 0) is 62.2 Å². The summed E-state index contributed by atoms with van der Waals surface area (Å²) < 4.78 is 0. The second-order valence-corrected chi connectivity index (χ2v) is 7.95. The largest absolute Gasteiger partial charge is 0.343 e. The molecule has 1 atom stereocenters. The summed E-state index contributed by atoms with van der Waals surface area (Å²) in [4.78, 5) is 10.7. The monoisotopic (exact) mass is 362 g/mol. The SMILES string of the molecule is C[C@H](CN(C)Cc1c(C2CCNCC2)[nH]c2ncccc12)c1ccccc1. The van der Waals surface area contributed by atoms with Crippen molar-refractivity contribution in [3.8, 4) is 0 Å². The van der Waals surface area contributed by atoms with Gasteiger partial charge in [0, 0.05) is 36.3 Å². The van der Waals surface area contributed by atoms with Crippen LogP contribution in [0.5, 0.6) is 0 Å². The second-order valence-electron chi connectivity index (χ2n) is 7.95. The first-order valence-corrected chi connectivity index (χ1v) is 10.1. The summed E-state index contributed by atoms with van der Waals surface area (Å²) in [6.07, 6.45) is 4.28. The van der Waals surface area contributed by atoms with Gasteiger partial charge in [-0.1, -0.05) is 37.3 Å².